The normalized spacial score (nSPS) is 16.1. The number of carbonyl (C=O) groups excluding carboxylic acids is 1. The Hall–Kier alpha value is -0.570. The van der Waals surface area contributed by atoms with Crippen LogP contribution >= 0.6 is 0 Å². The molecule has 14 heavy (non-hydrogen) atoms. The van der Waals surface area contributed by atoms with Crippen LogP contribution in [-0.2, 0) is 9.53 Å². The molecule has 0 aromatic carbocycles. The van der Waals surface area contributed by atoms with E-state index in [2.05, 4.69) is 20.8 Å². The highest BCUT2D eigenvalue weighted by Gasteiger charge is 2.18. The summed E-state index contributed by atoms with van der Waals surface area (Å²) in [6.45, 7) is 10.1. The van der Waals surface area contributed by atoms with Gasteiger partial charge in [0, 0.05) is 6.04 Å². The Bertz CT molecular complexity index is 182. The standard InChI is InChI=1S/C11H23NO2/c1-8(12)6-10(13)14-9(2)7-11(3,4)5/h8-9H,6-7,12H2,1-5H3. The fourth-order valence-electron chi connectivity index (χ4n) is 1.44. The highest BCUT2D eigenvalue weighted by atomic mass is 16.5. The zero-order valence-electron chi connectivity index (χ0n) is 9.96. The summed E-state index contributed by atoms with van der Waals surface area (Å²) in [4.78, 5) is 11.2. The maximum Gasteiger partial charge on any atom is 0.307 e. The Morgan fingerprint density at radius 3 is 2.21 bits per heavy atom. The first-order chi connectivity index (χ1) is 6.20. The van der Waals surface area contributed by atoms with E-state index in [9.17, 15) is 4.79 Å². The van der Waals surface area contributed by atoms with Crippen LogP contribution in [0, 0.1) is 5.41 Å². The minimum Gasteiger partial charge on any atom is -0.463 e. The van der Waals surface area contributed by atoms with E-state index in [4.69, 9.17) is 10.5 Å². The van der Waals surface area contributed by atoms with Crippen molar-refractivity contribution < 1.29 is 9.53 Å². The van der Waals surface area contributed by atoms with Gasteiger partial charge in [-0.1, -0.05) is 20.8 Å². The predicted octanol–water partition coefficient (Wildman–Crippen LogP) is 2.09. The molecule has 0 aliphatic carbocycles. The minimum absolute atomic E-state index is 0.0266. The van der Waals surface area contributed by atoms with Crippen LogP contribution in [0.3, 0.4) is 0 Å². The molecule has 3 nitrogen and oxygen atoms in total. The minimum atomic E-state index is -0.197. The lowest BCUT2D eigenvalue weighted by Crippen LogP contribution is -2.26. The van der Waals surface area contributed by atoms with E-state index in [0.29, 0.717) is 6.42 Å². The van der Waals surface area contributed by atoms with Crippen molar-refractivity contribution in [3.8, 4) is 0 Å². The molecule has 2 N–H and O–H groups in total. The number of nitrogens with two attached hydrogens (primary N) is 1. The largest absolute Gasteiger partial charge is 0.463 e. The van der Waals surface area contributed by atoms with E-state index in [1.165, 1.54) is 0 Å². The Morgan fingerprint density at radius 2 is 1.86 bits per heavy atom. The number of hydrogen-bond donors (Lipinski definition) is 1. The third-order valence-corrected chi connectivity index (χ3v) is 1.72. The molecule has 0 fully saturated rings. The van der Waals surface area contributed by atoms with Crippen molar-refractivity contribution in [2.24, 2.45) is 11.1 Å². The number of rotatable bonds is 4. The van der Waals surface area contributed by atoms with E-state index in [0.717, 1.165) is 6.42 Å². The van der Waals surface area contributed by atoms with Gasteiger partial charge in [0.05, 0.1) is 12.5 Å². The van der Waals surface area contributed by atoms with E-state index in [1.807, 2.05) is 6.92 Å². The van der Waals surface area contributed by atoms with Crippen molar-refractivity contribution in [1.29, 1.82) is 0 Å². The molecule has 0 rings (SSSR count). The lowest BCUT2D eigenvalue weighted by molar-refractivity contribution is -0.149. The maximum atomic E-state index is 11.2. The summed E-state index contributed by atoms with van der Waals surface area (Å²) in [6, 6.07) is -0.121. The van der Waals surface area contributed by atoms with E-state index >= 15 is 0 Å². The molecule has 0 aliphatic heterocycles. The fraction of sp³-hybridized carbons (Fsp3) is 0.909. The van der Waals surface area contributed by atoms with Crippen molar-refractivity contribution in [1.82, 2.24) is 0 Å². The summed E-state index contributed by atoms with van der Waals surface area (Å²) < 4.78 is 5.22. The molecule has 0 saturated heterocycles. The van der Waals surface area contributed by atoms with E-state index < -0.39 is 0 Å². The third kappa shape index (κ3) is 8.05. The number of carbonyl (C=O) groups is 1. The first kappa shape index (κ1) is 13.4. The molecule has 0 bridgehead atoms. The molecule has 0 aromatic rings. The van der Waals surface area contributed by atoms with Crippen LogP contribution in [0.2, 0.25) is 0 Å². The second-order valence-corrected chi connectivity index (χ2v) is 5.25. The molecular weight excluding hydrogens is 178 g/mol. The van der Waals surface area contributed by atoms with Gasteiger partial charge in [-0.2, -0.15) is 0 Å². The summed E-state index contributed by atoms with van der Waals surface area (Å²) in [5, 5.41) is 0. The third-order valence-electron chi connectivity index (χ3n) is 1.72. The van der Waals surface area contributed by atoms with Gasteiger partial charge in [-0.25, -0.2) is 0 Å². The topological polar surface area (TPSA) is 52.3 Å². The molecule has 0 radical (unpaired) electrons. The van der Waals surface area contributed by atoms with Crippen LogP contribution < -0.4 is 5.73 Å². The van der Waals surface area contributed by atoms with Crippen molar-refractivity contribution in [3.05, 3.63) is 0 Å². The summed E-state index contributed by atoms with van der Waals surface area (Å²) in [7, 11) is 0. The number of esters is 1. The molecule has 84 valence electrons. The Kier molecular flexibility index (Phi) is 5.13. The monoisotopic (exact) mass is 201 g/mol. The smallest absolute Gasteiger partial charge is 0.307 e. The summed E-state index contributed by atoms with van der Waals surface area (Å²) >= 11 is 0. The highest BCUT2D eigenvalue weighted by Crippen LogP contribution is 2.22. The van der Waals surface area contributed by atoms with Crippen LogP contribution in [0.4, 0.5) is 0 Å². The van der Waals surface area contributed by atoms with Crippen molar-refractivity contribution in [3.63, 3.8) is 0 Å². The van der Waals surface area contributed by atoms with Gasteiger partial charge in [0.2, 0.25) is 0 Å². The number of ether oxygens (including phenoxy) is 1. The van der Waals surface area contributed by atoms with Gasteiger partial charge < -0.3 is 10.5 Å². The quantitative estimate of drug-likeness (QED) is 0.709. The second-order valence-electron chi connectivity index (χ2n) is 5.25. The van der Waals surface area contributed by atoms with Gasteiger partial charge in [-0.05, 0) is 25.7 Å². The Labute approximate surface area is 87.0 Å². The first-order valence-corrected chi connectivity index (χ1v) is 5.16. The molecule has 0 heterocycles. The molecule has 0 spiro atoms. The summed E-state index contributed by atoms with van der Waals surface area (Å²) in [5.41, 5.74) is 5.68. The van der Waals surface area contributed by atoms with Crippen LogP contribution in [-0.4, -0.2) is 18.1 Å². The van der Waals surface area contributed by atoms with Gasteiger partial charge in [0.25, 0.3) is 0 Å². The Balaban J connectivity index is 3.83. The molecule has 0 amide bonds. The lowest BCUT2D eigenvalue weighted by atomic mass is 9.90. The van der Waals surface area contributed by atoms with Crippen LogP contribution in [0.15, 0.2) is 0 Å². The maximum absolute atomic E-state index is 11.2. The Morgan fingerprint density at radius 1 is 1.36 bits per heavy atom. The predicted molar refractivity (Wildman–Crippen MR) is 57.9 cm³/mol. The fourth-order valence-corrected chi connectivity index (χ4v) is 1.44. The SMILES string of the molecule is CC(N)CC(=O)OC(C)CC(C)(C)C. The van der Waals surface area contributed by atoms with E-state index in [-0.39, 0.29) is 23.5 Å². The molecular formula is C11H23NO2. The molecule has 0 aromatic heterocycles. The average molecular weight is 201 g/mol. The van der Waals surface area contributed by atoms with Crippen LogP contribution in [0.5, 0.6) is 0 Å². The average Bonchev–Trinajstić information content (AvgIpc) is 1.77. The molecule has 0 aliphatic rings. The van der Waals surface area contributed by atoms with Crippen molar-refractivity contribution >= 4 is 5.97 Å². The van der Waals surface area contributed by atoms with Crippen LogP contribution in [0.1, 0.15) is 47.5 Å². The molecule has 3 heteroatoms. The van der Waals surface area contributed by atoms with Gasteiger partial charge in [0.1, 0.15) is 0 Å². The highest BCUT2D eigenvalue weighted by molar-refractivity contribution is 5.70. The van der Waals surface area contributed by atoms with Crippen molar-refractivity contribution in [2.45, 2.75) is 59.6 Å². The van der Waals surface area contributed by atoms with Crippen LogP contribution in [0.25, 0.3) is 0 Å². The first-order valence-electron chi connectivity index (χ1n) is 5.16. The molecule has 0 saturated carbocycles. The molecule has 2 unspecified atom stereocenters. The zero-order chi connectivity index (χ0) is 11.4. The second kappa shape index (κ2) is 5.35. The van der Waals surface area contributed by atoms with E-state index in [1.54, 1.807) is 6.92 Å². The van der Waals surface area contributed by atoms with Gasteiger partial charge >= 0.3 is 5.97 Å². The molecule has 2 atom stereocenters. The van der Waals surface area contributed by atoms with Gasteiger partial charge in [-0.15, -0.1) is 0 Å². The zero-order valence-corrected chi connectivity index (χ0v) is 9.96. The van der Waals surface area contributed by atoms with Crippen molar-refractivity contribution in [2.75, 3.05) is 0 Å². The lowest BCUT2D eigenvalue weighted by Gasteiger charge is -2.23. The number of hydrogen-bond acceptors (Lipinski definition) is 3. The summed E-state index contributed by atoms with van der Waals surface area (Å²) in [5.74, 6) is -0.197. The van der Waals surface area contributed by atoms with Gasteiger partial charge in [0.15, 0.2) is 0 Å². The van der Waals surface area contributed by atoms with Gasteiger partial charge in [-0.3, -0.25) is 4.79 Å². The summed E-state index contributed by atoms with van der Waals surface area (Å²) in [6.07, 6.45) is 1.15.